The Kier molecular flexibility index (Phi) is 3.59. The summed E-state index contributed by atoms with van der Waals surface area (Å²) in [5.74, 6) is 0. The monoisotopic (exact) mass is 276 g/mol. The number of hydrogen-bond donors (Lipinski definition) is 2. The standard InChI is InChI=1S/C13H13BrN2/c14-11-4-6-12(7-5-11)16-13-3-1-2-10(8-13)9-15/h1-8,16H,9,15H2. The number of halogens is 1. The quantitative estimate of drug-likeness (QED) is 0.898. The van der Waals surface area contributed by atoms with E-state index in [0.29, 0.717) is 6.54 Å². The molecule has 3 heteroatoms. The predicted molar refractivity (Wildman–Crippen MR) is 71.8 cm³/mol. The summed E-state index contributed by atoms with van der Waals surface area (Å²) in [4.78, 5) is 0. The van der Waals surface area contributed by atoms with E-state index >= 15 is 0 Å². The maximum Gasteiger partial charge on any atom is 0.0387 e. The van der Waals surface area contributed by atoms with Gasteiger partial charge in [0.1, 0.15) is 0 Å². The molecule has 2 rings (SSSR count). The highest BCUT2D eigenvalue weighted by Gasteiger charge is 1.96. The third-order valence-corrected chi connectivity index (χ3v) is 2.82. The number of benzene rings is 2. The van der Waals surface area contributed by atoms with Crippen molar-refractivity contribution in [1.29, 1.82) is 0 Å². The van der Waals surface area contributed by atoms with Crippen molar-refractivity contribution in [3.63, 3.8) is 0 Å². The van der Waals surface area contributed by atoms with E-state index in [0.717, 1.165) is 21.4 Å². The van der Waals surface area contributed by atoms with Crippen LogP contribution in [-0.2, 0) is 6.54 Å². The molecule has 0 aliphatic carbocycles. The van der Waals surface area contributed by atoms with E-state index in [1.807, 2.05) is 42.5 Å². The van der Waals surface area contributed by atoms with Gasteiger partial charge in [-0.15, -0.1) is 0 Å². The van der Waals surface area contributed by atoms with Gasteiger partial charge in [-0.05, 0) is 42.0 Å². The van der Waals surface area contributed by atoms with Gasteiger partial charge in [0, 0.05) is 22.4 Å². The van der Waals surface area contributed by atoms with Gasteiger partial charge in [0.05, 0.1) is 0 Å². The Labute approximate surface area is 104 Å². The highest BCUT2D eigenvalue weighted by Crippen LogP contribution is 2.19. The second-order valence-corrected chi connectivity index (χ2v) is 4.45. The lowest BCUT2D eigenvalue weighted by atomic mass is 10.2. The zero-order chi connectivity index (χ0) is 11.4. The molecular weight excluding hydrogens is 264 g/mol. The third-order valence-electron chi connectivity index (χ3n) is 2.30. The minimum Gasteiger partial charge on any atom is -0.356 e. The number of nitrogens with two attached hydrogens (primary N) is 1. The average molecular weight is 277 g/mol. The van der Waals surface area contributed by atoms with Crippen LogP contribution in [0.5, 0.6) is 0 Å². The van der Waals surface area contributed by atoms with Crippen LogP contribution in [-0.4, -0.2) is 0 Å². The average Bonchev–Trinajstić information content (AvgIpc) is 2.32. The molecule has 2 aromatic rings. The van der Waals surface area contributed by atoms with Crippen LogP contribution in [0.3, 0.4) is 0 Å². The van der Waals surface area contributed by atoms with Crippen molar-refractivity contribution < 1.29 is 0 Å². The van der Waals surface area contributed by atoms with Crippen LogP contribution in [0.4, 0.5) is 11.4 Å². The summed E-state index contributed by atoms with van der Waals surface area (Å²) >= 11 is 3.41. The van der Waals surface area contributed by atoms with Crippen molar-refractivity contribution in [2.75, 3.05) is 5.32 Å². The van der Waals surface area contributed by atoms with Gasteiger partial charge in [0.15, 0.2) is 0 Å². The zero-order valence-electron chi connectivity index (χ0n) is 8.78. The van der Waals surface area contributed by atoms with Crippen molar-refractivity contribution in [3.8, 4) is 0 Å². The van der Waals surface area contributed by atoms with Crippen LogP contribution in [0.15, 0.2) is 53.0 Å². The fourth-order valence-electron chi connectivity index (χ4n) is 1.48. The van der Waals surface area contributed by atoms with Crippen molar-refractivity contribution in [3.05, 3.63) is 58.6 Å². The van der Waals surface area contributed by atoms with Gasteiger partial charge in [0.2, 0.25) is 0 Å². The Hall–Kier alpha value is -1.32. The first-order valence-corrected chi connectivity index (χ1v) is 5.89. The van der Waals surface area contributed by atoms with Crippen molar-refractivity contribution >= 4 is 27.3 Å². The molecule has 0 atom stereocenters. The van der Waals surface area contributed by atoms with Gasteiger partial charge in [-0.2, -0.15) is 0 Å². The van der Waals surface area contributed by atoms with Gasteiger partial charge < -0.3 is 11.1 Å². The number of hydrogen-bond acceptors (Lipinski definition) is 2. The summed E-state index contributed by atoms with van der Waals surface area (Å²) in [6.45, 7) is 0.565. The Morgan fingerprint density at radius 2 is 1.75 bits per heavy atom. The van der Waals surface area contributed by atoms with Gasteiger partial charge in [-0.3, -0.25) is 0 Å². The van der Waals surface area contributed by atoms with Crippen LogP contribution >= 0.6 is 15.9 Å². The van der Waals surface area contributed by atoms with Gasteiger partial charge in [-0.1, -0.05) is 28.1 Å². The van der Waals surface area contributed by atoms with Crippen LogP contribution in [0.1, 0.15) is 5.56 Å². The first-order chi connectivity index (χ1) is 7.78. The zero-order valence-corrected chi connectivity index (χ0v) is 10.4. The third kappa shape index (κ3) is 2.84. The normalized spacial score (nSPS) is 10.1. The molecule has 0 aliphatic heterocycles. The van der Waals surface area contributed by atoms with Crippen LogP contribution < -0.4 is 11.1 Å². The van der Waals surface area contributed by atoms with Gasteiger partial charge in [-0.25, -0.2) is 0 Å². The molecule has 0 saturated heterocycles. The molecule has 82 valence electrons. The molecular formula is C13H13BrN2. The summed E-state index contributed by atoms with van der Waals surface area (Å²) in [7, 11) is 0. The van der Waals surface area contributed by atoms with E-state index in [1.54, 1.807) is 0 Å². The fourth-order valence-corrected chi connectivity index (χ4v) is 1.74. The lowest BCUT2D eigenvalue weighted by molar-refractivity contribution is 1.07. The molecule has 0 amide bonds. The van der Waals surface area contributed by atoms with Crippen LogP contribution in [0.25, 0.3) is 0 Å². The topological polar surface area (TPSA) is 38.0 Å². The van der Waals surface area contributed by atoms with E-state index in [4.69, 9.17) is 5.73 Å². The number of rotatable bonds is 3. The molecule has 0 bridgehead atoms. The summed E-state index contributed by atoms with van der Waals surface area (Å²) in [6, 6.07) is 16.2. The van der Waals surface area contributed by atoms with E-state index in [9.17, 15) is 0 Å². The first kappa shape index (κ1) is 11.2. The second kappa shape index (κ2) is 5.14. The highest BCUT2D eigenvalue weighted by molar-refractivity contribution is 9.10. The van der Waals surface area contributed by atoms with E-state index < -0.39 is 0 Å². The molecule has 3 N–H and O–H groups in total. The molecule has 0 unspecified atom stereocenters. The summed E-state index contributed by atoms with van der Waals surface area (Å²) < 4.78 is 1.08. The minimum atomic E-state index is 0.565. The lowest BCUT2D eigenvalue weighted by Crippen LogP contribution is -1.97. The van der Waals surface area contributed by atoms with E-state index in [-0.39, 0.29) is 0 Å². The van der Waals surface area contributed by atoms with E-state index in [1.165, 1.54) is 0 Å². The molecule has 0 saturated carbocycles. The Morgan fingerprint density at radius 1 is 1.00 bits per heavy atom. The van der Waals surface area contributed by atoms with Crippen molar-refractivity contribution in [2.45, 2.75) is 6.54 Å². The molecule has 0 aromatic heterocycles. The molecule has 16 heavy (non-hydrogen) atoms. The SMILES string of the molecule is NCc1cccc(Nc2ccc(Br)cc2)c1. The second-order valence-electron chi connectivity index (χ2n) is 3.54. The first-order valence-electron chi connectivity index (χ1n) is 5.09. The smallest absolute Gasteiger partial charge is 0.0387 e. The number of anilines is 2. The maximum absolute atomic E-state index is 5.60. The van der Waals surface area contributed by atoms with Gasteiger partial charge in [0.25, 0.3) is 0 Å². The summed E-state index contributed by atoms with van der Waals surface area (Å²) in [5, 5.41) is 3.33. The lowest BCUT2D eigenvalue weighted by Gasteiger charge is -2.07. The molecule has 0 fully saturated rings. The van der Waals surface area contributed by atoms with Crippen molar-refractivity contribution in [1.82, 2.24) is 0 Å². The van der Waals surface area contributed by atoms with Gasteiger partial charge >= 0.3 is 0 Å². The Bertz CT molecular complexity index is 466. The largest absolute Gasteiger partial charge is 0.356 e. The maximum atomic E-state index is 5.60. The molecule has 0 heterocycles. The fraction of sp³-hybridized carbons (Fsp3) is 0.0769. The number of nitrogens with one attached hydrogen (secondary N) is 1. The van der Waals surface area contributed by atoms with Crippen LogP contribution in [0.2, 0.25) is 0 Å². The molecule has 0 radical (unpaired) electrons. The van der Waals surface area contributed by atoms with E-state index in [2.05, 4.69) is 27.3 Å². The Balaban J connectivity index is 2.16. The summed E-state index contributed by atoms with van der Waals surface area (Å²) in [5.41, 5.74) is 8.85. The van der Waals surface area contributed by atoms with Crippen LogP contribution in [0, 0.1) is 0 Å². The Morgan fingerprint density at radius 3 is 2.44 bits per heavy atom. The minimum absolute atomic E-state index is 0.565. The van der Waals surface area contributed by atoms with Crippen molar-refractivity contribution in [2.24, 2.45) is 5.73 Å². The summed E-state index contributed by atoms with van der Waals surface area (Å²) in [6.07, 6.45) is 0. The molecule has 0 spiro atoms. The predicted octanol–water partition coefficient (Wildman–Crippen LogP) is 3.65. The molecule has 2 nitrogen and oxygen atoms in total. The highest BCUT2D eigenvalue weighted by atomic mass is 79.9. The molecule has 0 aliphatic rings. The molecule has 2 aromatic carbocycles.